The molecule has 0 N–H and O–H groups in total. The molecule has 3 nitrogen and oxygen atoms in total. The molecule has 25 heavy (non-hydrogen) atoms. The number of nitrogens with zero attached hydrogens (tertiary/aromatic N) is 2. The Morgan fingerprint density at radius 2 is 1.68 bits per heavy atom. The Bertz CT molecular complexity index is 775. The number of hydrogen-bond donors (Lipinski definition) is 0. The van der Waals surface area contributed by atoms with E-state index in [-0.39, 0.29) is 0 Å². The Morgan fingerprint density at radius 3 is 2.56 bits per heavy atom. The van der Waals surface area contributed by atoms with Crippen molar-refractivity contribution >= 4 is 0 Å². The first-order valence-corrected chi connectivity index (χ1v) is 10.6. The predicted molar refractivity (Wildman–Crippen MR) is 96.1 cm³/mol. The Labute approximate surface area is 150 Å². The van der Waals surface area contributed by atoms with Gasteiger partial charge >= 0.3 is 0 Å². The molecule has 3 heteroatoms. The second kappa shape index (κ2) is 4.58. The second-order valence-corrected chi connectivity index (χ2v) is 10.5. The highest BCUT2D eigenvalue weighted by Crippen LogP contribution is 2.70. The van der Waals surface area contributed by atoms with Crippen molar-refractivity contribution in [2.45, 2.75) is 84.0 Å². The second-order valence-electron chi connectivity index (χ2n) is 10.5. The van der Waals surface area contributed by atoms with Crippen molar-refractivity contribution in [2.24, 2.45) is 28.6 Å². The van der Waals surface area contributed by atoms with E-state index in [1.165, 1.54) is 62.8 Å². The van der Waals surface area contributed by atoms with Crippen molar-refractivity contribution in [1.29, 1.82) is 0 Å². The summed E-state index contributed by atoms with van der Waals surface area (Å²) < 4.78 is 5.09. The fraction of sp³-hybridized carbons (Fsp3) is 0.818. The quantitative estimate of drug-likeness (QED) is 0.578. The van der Waals surface area contributed by atoms with Crippen LogP contribution in [0.25, 0.3) is 0 Å². The Kier molecular flexibility index (Phi) is 2.75. The molecule has 0 amide bonds. The van der Waals surface area contributed by atoms with Gasteiger partial charge in [-0.15, -0.1) is 0 Å². The lowest BCUT2D eigenvalue weighted by Crippen LogP contribution is -2.53. The maximum Gasteiger partial charge on any atom is 0.112 e. The van der Waals surface area contributed by atoms with Crippen LogP contribution in [0.15, 0.2) is 15.8 Å². The zero-order chi connectivity index (χ0) is 17.0. The third-order valence-electron chi connectivity index (χ3n) is 9.41. The van der Waals surface area contributed by atoms with Gasteiger partial charge in [0.15, 0.2) is 0 Å². The number of allylic oxidation sites excluding steroid dienone is 2. The van der Waals surface area contributed by atoms with Gasteiger partial charge in [0.2, 0.25) is 0 Å². The van der Waals surface area contributed by atoms with Crippen LogP contribution in [-0.4, -0.2) is 10.3 Å². The van der Waals surface area contributed by atoms with Crippen LogP contribution in [0.4, 0.5) is 0 Å². The number of fused-ring (bicyclic) bond motifs is 9. The highest BCUT2D eigenvalue weighted by molar-refractivity contribution is 5.39. The number of hydrogen-bond acceptors (Lipinski definition) is 3. The summed E-state index contributed by atoms with van der Waals surface area (Å²) in [6.07, 6.45) is 11.1. The van der Waals surface area contributed by atoms with Crippen molar-refractivity contribution in [3.63, 3.8) is 0 Å². The van der Waals surface area contributed by atoms with E-state index in [0.717, 1.165) is 17.8 Å². The Balaban J connectivity index is 1.37. The van der Waals surface area contributed by atoms with E-state index in [0.29, 0.717) is 22.7 Å². The van der Waals surface area contributed by atoms with Gasteiger partial charge in [0, 0.05) is 11.8 Å². The Morgan fingerprint density at radius 1 is 0.840 bits per heavy atom. The first-order valence-electron chi connectivity index (χ1n) is 10.6. The number of rotatable bonds is 0. The fourth-order valence-electron chi connectivity index (χ4n) is 8.13. The minimum atomic E-state index is 0.477. The first kappa shape index (κ1) is 15.0. The van der Waals surface area contributed by atoms with E-state index in [1.54, 1.807) is 0 Å². The zero-order valence-electron chi connectivity index (χ0n) is 15.8. The van der Waals surface area contributed by atoms with Crippen molar-refractivity contribution in [2.75, 3.05) is 0 Å². The molecule has 6 rings (SSSR count). The predicted octanol–water partition coefficient (Wildman–Crippen LogP) is 5.60. The highest BCUT2D eigenvalue weighted by Gasteiger charge is 2.61. The molecule has 6 unspecified atom stereocenters. The molecule has 2 saturated carbocycles. The van der Waals surface area contributed by atoms with Crippen LogP contribution < -0.4 is 0 Å². The summed E-state index contributed by atoms with van der Waals surface area (Å²) in [5, 5.41) is 8.49. The molecule has 134 valence electrons. The molecule has 1 aromatic rings. The molecule has 1 heterocycles. The molecule has 5 aliphatic rings. The van der Waals surface area contributed by atoms with Gasteiger partial charge in [-0.2, -0.15) is 0 Å². The van der Waals surface area contributed by atoms with Crippen molar-refractivity contribution < 1.29 is 4.63 Å². The lowest BCUT2D eigenvalue weighted by Gasteiger charge is -2.61. The smallest absolute Gasteiger partial charge is 0.112 e. The van der Waals surface area contributed by atoms with Crippen LogP contribution >= 0.6 is 0 Å². The third kappa shape index (κ3) is 1.69. The summed E-state index contributed by atoms with van der Waals surface area (Å²) in [5.41, 5.74) is 7.16. The topological polar surface area (TPSA) is 38.9 Å². The van der Waals surface area contributed by atoms with Crippen LogP contribution in [0, 0.1) is 28.6 Å². The Hall–Kier alpha value is -1.12. The SMILES string of the molecule is CC1(C)CCC2=C1CCC1C2CCC2C3c4nonc4C3CCC12C. The van der Waals surface area contributed by atoms with Gasteiger partial charge in [0.1, 0.15) is 11.4 Å². The van der Waals surface area contributed by atoms with E-state index >= 15 is 0 Å². The molecule has 0 spiro atoms. The van der Waals surface area contributed by atoms with Gasteiger partial charge in [-0.3, -0.25) is 0 Å². The largest absolute Gasteiger partial charge is 0.244 e. The molecule has 5 aliphatic carbocycles. The lowest BCUT2D eigenvalue weighted by molar-refractivity contribution is -0.0603. The molecule has 0 radical (unpaired) electrons. The van der Waals surface area contributed by atoms with Crippen molar-refractivity contribution in [3.8, 4) is 0 Å². The van der Waals surface area contributed by atoms with Gasteiger partial charge in [-0.25, -0.2) is 4.63 Å². The molecule has 0 aromatic carbocycles. The van der Waals surface area contributed by atoms with Gasteiger partial charge in [0.05, 0.1) is 0 Å². The van der Waals surface area contributed by atoms with Crippen LogP contribution in [-0.2, 0) is 0 Å². The highest BCUT2D eigenvalue weighted by atomic mass is 16.6. The molecule has 0 saturated heterocycles. The fourth-order valence-corrected chi connectivity index (χ4v) is 8.13. The van der Waals surface area contributed by atoms with Gasteiger partial charge in [0.25, 0.3) is 0 Å². The summed E-state index contributed by atoms with van der Waals surface area (Å²) >= 11 is 0. The van der Waals surface area contributed by atoms with Crippen molar-refractivity contribution in [3.05, 3.63) is 22.5 Å². The van der Waals surface area contributed by atoms with Crippen LogP contribution in [0.5, 0.6) is 0 Å². The van der Waals surface area contributed by atoms with E-state index in [9.17, 15) is 0 Å². The summed E-state index contributed by atoms with van der Waals surface area (Å²) in [7, 11) is 0. The molecular weight excluding hydrogens is 308 g/mol. The maximum absolute atomic E-state index is 5.09. The van der Waals surface area contributed by atoms with Crippen LogP contribution in [0.2, 0.25) is 0 Å². The summed E-state index contributed by atoms with van der Waals surface area (Å²) in [6, 6.07) is 0. The van der Waals surface area contributed by atoms with Gasteiger partial charge in [-0.1, -0.05) is 42.2 Å². The van der Waals surface area contributed by atoms with Crippen LogP contribution in [0.1, 0.15) is 95.4 Å². The minimum Gasteiger partial charge on any atom is -0.244 e. The van der Waals surface area contributed by atoms with E-state index in [4.69, 9.17) is 4.63 Å². The van der Waals surface area contributed by atoms with Crippen LogP contribution in [0.3, 0.4) is 0 Å². The average Bonchev–Trinajstić information content (AvgIpc) is 3.12. The van der Waals surface area contributed by atoms with E-state index < -0.39 is 0 Å². The summed E-state index contributed by atoms with van der Waals surface area (Å²) in [4.78, 5) is 0. The molecular formula is C22H30N2O. The molecule has 0 bridgehead atoms. The first-order chi connectivity index (χ1) is 12.0. The molecule has 1 aromatic heterocycles. The van der Waals surface area contributed by atoms with E-state index in [2.05, 4.69) is 31.1 Å². The van der Waals surface area contributed by atoms with Gasteiger partial charge < -0.3 is 0 Å². The molecule has 2 fully saturated rings. The standard InChI is InChI=1S/C22H30N2O/c1-21(2)10-8-13-12-4-5-17-18-14(19-20(18)24-25-23-19)9-11-22(17,3)16(12)7-6-15(13)21/h12,14,16-18H,4-11H2,1-3H3. The monoisotopic (exact) mass is 338 g/mol. The third-order valence-corrected chi connectivity index (χ3v) is 9.41. The minimum absolute atomic E-state index is 0.477. The average molecular weight is 338 g/mol. The zero-order valence-corrected chi connectivity index (χ0v) is 15.8. The lowest BCUT2D eigenvalue weighted by atomic mass is 9.43. The summed E-state index contributed by atoms with van der Waals surface area (Å²) in [6.45, 7) is 7.62. The molecule has 6 atom stereocenters. The van der Waals surface area contributed by atoms with E-state index in [1.807, 2.05) is 11.1 Å². The summed E-state index contributed by atoms with van der Waals surface area (Å²) in [5.74, 6) is 3.90. The maximum atomic E-state index is 5.09. The normalized spacial score (nSPS) is 46.4. The van der Waals surface area contributed by atoms with Gasteiger partial charge in [-0.05, 0) is 80.0 Å². The molecule has 0 aliphatic heterocycles. The van der Waals surface area contributed by atoms with Crippen molar-refractivity contribution in [1.82, 2.24) is 10.3 Å². The number of aromatic nitrogens is 2.